The molecule has 0 N–H and O–H groups in total. The highest BCUT2D eigenvalue weighted by Crippen LogP contribution is 2.37. The van der Waals surface area contributed by atoms with Gasteiger partial charge in [0.2, 0.25) is 0 Å². The van der Waals surface area contributed by atoms with Crippen LogP contribution in [0.3, 0.4) is 0 Å². The fourth-order valence-electron chi connectivity index (χ4n) is 3.95. The molecular weight excluding hydrogens is 659 g/mol. The van der Waals surface area contributed by atoms with Crippen molar-refractivity contribution >= 4 is 12.6 Å². The minimum Gasteiger partial charge on any atom is -0.407 e. The molecule has 2 rings (SSSR count). The van der Waals surface area contributed by atoms with E-state index in [9.17, 15) is 0 Å². The first-order chi connectivity index (χ1) is 25.3. The molecule has 1 aliphatic rings. The number of ether oxygens (including phenoxy) is 7. The van der Waals surface area contributed by atoms with E-state index >= 15 is 0 Å². The average Bonchev–Trinajstić information content (AvgIpc) is 3.33. The zero-order valence-corrected chi connectivity index (χ0v) is 30.6. The molecule has 1 fully saturated rings. The first-order valence-corrected chi connectivity index (χ1v) is 16.2. The van der Waals surface area contributed by atoms with Crippen LogP contribution in [-0.2, 0) is 50.9 Å². The van der Waals surface area contributed by atoms with Crippen molar-refractivity contribution in [2.45, 2.75) is 52.1 Å². The minimum absolute atomic E-state index is 0. The second-order valence-electron chi connectivity index (χ2n) is 11.3. The molecule has 302 valence electrons. The summed E-state index contributed by atoms with van der Waals surface area (Å²) < 4.78 is 51.9. The molecule has 0 aromatic heterocycles. The Morgan fingerprint density at radius 2 is 0.923 bits per heavy atom. The molecule has 0 radical (unpaired) electrons. The summed E-state index contributed by atoms with van der Waals surface area (Å²) in [6.07, 6.45) is 7.60. The Bertz CT molecular complexity index is 1880. The molecule has 0 aliphatic carbocycles. The van der Waals surface area contributed by atoms with Gasteiger partial charge in [0.05, 0.1) is 77.3 Å². The topological polar surface area (TPSA) is 83.1 Å². The lowest BCUT2D eigenvalue weighted by Crippen LogP contribution is -2.41. The van der Waals surface area contributed by atoms with Gasteiger partial charge in [0, 0.05) is 87.3 Å². The quantitative estimate of drug-likeness (QED) is 0.0922. The summed E-state index contributed by atoms with van der Waals surface area (Å²) in [4.78, 5) is 0. The zero-order valence-electron chi connectivity index (χ0n) is 30.6. The second kappa shape index (κ2) is 25.7. The fraction of sp³-hybridized carbons (Fsp3) is 0.429. The smallest absolute Gasteiger partial charge is 0.407 e. The van der Waals surface area contributed by atoms with Crippen molar-refractivity contribution in [2.75, 3.05) is 67.1 Å². The minimum atomic E-state index is -0.677. The lowest BCUT2D eigenvalue weighted by atomic mass is 9.73. The summed E-state index contributed by atoms with van der Waals surface area (Å²) in [5.74, 6) is 40.5. The normalized spacial score (nSPS) is 12.5. The van der Waals surface area contributed by atoms with Crippen molar-refractivity contribution in [1.29, 1.82) is 0 Å². The highest BCUT2D eigenvalue weighted by atomic mass is 16.7. The summed E-state index contributed by atoms with van der Waals surface area (Å²) in [5.41, 5.74) is 1.24. The van der Waals surface area contributed by atoms with Crippen LogP contribution in [0.15, 0.2) is 12.1 Å². The summed E-state index contributed by atoms with van der Waals surface area (Å²) in [5, 5.41) is 0. The lowest BCUT2D eigenvalue weighted by Gasteiger charge is -2.32. The van der Waals surface area contributed by atoms with Crippen LogP contribution in [0.2, 0.25) is 0 Å². The van der Waals surface area contributed by atoms with Crippen molar-refractivity contribution in [3.05, 3.63) is 23.3 Å². The number of rotatable bonds is 18. The van der Waals surface area contributed by atoms with Gasteiger partial charge in [0.15, 0.2) is 0 Å². The molecule has 1 saturated heterocycles. The fourth-order valence-corrected chi connectivity index (χ4v) is 3.95. The van der Waals surface area contributed by atoms with E-state index < -0.39 is 18.3 Å². The molecule has 0 bridgehead atoms. The molecule has 1 aromatic rings. The van der Waals surface area contributed by atoms with Crippen LogP contribution in [0.25, 0.3) is 0 Å². The van der Waals surface area contributed by atoms with Crippen LogP contribution < -0.4 is 10.2 Å². The molecule has 1 aromatic carbocycles. The maximum absolute atomic E-state index is 6.47. The van der Waals surface area contributed by atoms with Gasteiger partial charge in [0.1, 0.15) is 11.9 Å². The second-order valence-corrected chi connectivity index (χ2v) is 11.3. The largest absolute Gasteiger partial charge is 0.495 e. The number of methoxy groups -OCH3 is 2. The number of benzene rings is 1. The zero-order chi connectivity index (χ0) is 37.8. The third-order valence-electron chi connectivity index (χ3n) is 7.10. The van der Waals surface area contributed by atoms with Crippen LogP contribution in [0, 0.1) is 107 Å². The van der Waals surface area contributed by atoms with Crippen molar-refractivity contribution < 1.29 is 68.1 Å². The van der Waals surface area contributed by atoms with Gasteiger partial charge in [-0.3, -0.25) is 0 Å². The Morgan fingerprint density at radius 3 is 1.33 bits per heavy atom. The molecular formula is C42H77BO9. The predicted octanol–water partition coefficient (Wildman–Crippen LogP) is 6.77. The van der Waals surface area contributed by atoms with Crippen LogP contribution in [0.4, 0.5) is 0 Å². The number of hydrogen-bond donors (Lipinski definition) is 0. The van der Waals surface area contributed by atoms with Gasteiger partial charge in [-0.2, -0.15) is 0 Å². The molecule has 1 heterocycles. The van der Waals surface area contributed by atoms with Crippen molar-refractivity contribution in [1.82, 2.24) is 0 Å². The maximum atomic E-state index is 6.47. The SMILES string of the molecule is C#CC#CC#CC#CC#CC#CC#CC#CC#COc1cc(COCCOCCOC)c(B2OC(C)(C)C(C)(C)O2)c(COCCOCCOC)c1.[HH].[HH].[HH].[HH].[HH].[HH].[HH].[HH].[HH].[HH].[HH].[HH].[HH].[HH].[HH].[HH].[HH].[HH]. The van der Waals surface area contributed by atoms with Crippen molar-refractivity contribution in [3.8, 4) is 113 Å². The molecule has 0 spiro atoms. The third-order valence-corrected chi connectivity index (χ3v) is 7.10. The standard InChI is InChI=1S/C42H41BO9.18H2/c1-8-9-10-11-12-13-14-15-16-17-18-19-20-21-22-23-24-50-39-33-37(35-48-31-29-46-27-25-44-6)40(43-51-41(2,3)42(4,5)52-43)38(34-39)36-49-32-30-47-28-26-45-7;;;;;;;;;;;;;;;;;;/h1,33-34H,25-32,35-36H2,2-7H3;18*1H. The predicted molar refractivity (Wildman–Crippen MR) is 237 cm³/mol. The van der Waals surface area contributed by atoms with Crippen LogP contribution >= 0.6 is 0 Å². The van der Waals surface area contributed by atoms with Crippen molar-refractivity contribution in [3.63, 3.8) is 0 Å². The maximum Gasteiger partial charge on any atom is 0.495 e. The Morgan fingerprint density at radius 1 is 0.558 bits per heavy atom. The van der Waals surface area contributed by atoms with E-state index in [1.165, 1.54) is 0 Å². The molecule has 1 aliphatic heterocycles. The molecule has 0 unspecified atom stereocenters. The van der Waals surface area contributed by atoms with Gasteiger partial charge in [0.25, 0.3) is 0 Å². The van der Waals surface area contributed by atoms with Gasteiger partial charge in [-0.15, -0.1) is 6.42 Å². The highest BCUT2D eigenvalue weighted by molar-refractivity contribution is 6.63. The first kappa shape index (κ1) is 43.0. The van der Waals surface area contributed by atoms with Gasteiger partial charge in [-0.25, -0.2) is 0 Å². The van der Waals surface area contributed by atoms with Crippen LogP contribution in [-0.4, -0.2) is 85.4 Å². The summed E-state index contributed by atoms with van der Waals surface area (Å²) in [6.45, 7) is 12.0. The average molecular weight is 737 g/mol. The van der Waals surface area contributed by atoms with E-state index in [1.807, 2.05) is 39.8 Å². The summed E-state index contributed by atoms with van der Waals surface area (Å²) in [6, 6.07) is 3.68. The molecule has 0 atom stereocenters. The van der Waals surface area contributed by atoms with Gasteiger partial charge >= 0.3 is 7.12 Å². The van der Waals surface area contributed by atoms with Crippen molar-refractivity contribution in [2.24, 2.45) is 0 Å². The van der Waals surface area contributed by atoms with Gasteiger partial charge in [-0.05, 0) is 104 Å². The Labute approximate surface area is 336 Å². The van der Waals surface area contributed by atoms with Crippen LogP contribution in [0.1, 0.15) is 64.5 Å². The Kier molecular flexibility index (Phi) is 21.2. The number of hydrogen-bond acceptors (Lipinski definition) is 9. The third kappa shape index (κ3) is 17.1. The highest BCUT2D eigenvalue weighted by Gasteiger charge is 2.52. The van der Waals surface area contributed by atoms with E-state index in [0.717, 1.165) is 16.6 Å². The molecule has 0 saturated carbocycles. The Hall–Kier alpha value is -5.20. The monoisotopic (exact) mass is 737 g/mol. The lowest BCUT2D eigenvalue weighted by molar-refractivity contribution is 0.00578. The van der Waals surface area contributed by atoms with E-state index in [1.54, 1.807) is 14.2 Å². The van der Waals surface area contributed by atoms with Gasteiger partial charge < -0.3 is 42.5 Å². The van der Waals surface area contributed by atoms with Crippen LogP contribution in [0.5, 0.6) is 5.75 Å². The summed E-state index contributed by atoms with van der Waals surface area (Å²) in [7, 11) is 2.57. The number of terminal acetylenes is 1. The molecule has 10 heteroatoms. The van der Waals surface area contributed by atoms with Gasteiger partial charge in [-0.1, -0.05) is 0 Å². The van der Waals surface area contributed by atoms with E-state index in [0.29, 0.717) is 58.6 Å². The molecule has 9 nitrogen and oxygen atoms in total. The molecule has 52 heavy (non-hydrogen) atoms. The van der Waals surface area contributed by atoms with E-state index in [-0.39, 0.29) is 38.9 Å². The molecule has 0 amide bonds. The van der Waals surface area contributed by atoms with E-state index in [4.69, 9.17) is 48.9 Å². The van der Waals surface area contributed by atoms with E-state index in [2.05, 4.69) is 101 Å². The Balaban J connectivity index is -0.000000104. The first-order valence-electron chi connectivity index (χ1n) is 16.2. The summed E-state index contributed by atoms with van der Waals surface area (Å²) >= 11 is 0.